The normalized spacial score (nSPS) is 11.7. The lowest BCUT2D eigenvalue weighted by Gasteiger charge is -2.20. The first-order valence-corrected chi connectivity index (χ1v) is 10.7. The molecule has 2 aromatic carbocycles. The van der Waals surface area contributed by atoms with Gasteiger partial charge >= 0.3 is 0 Å². The standard InChI is InChI=1S/C22H26N4O3S/c1-5-26(17-10-7-6-8-11-17)20(27)15-30-22-24-23-21(25(22)3)16(2)29-19-13-9-12-18(14-19)28-4/h6-14,16H,5,15H2,1-4H3. The molecule has 0 N–H and O–H groups in total. The summed E-state index contributed by atoms with van der Waals surface area (Å²) in [6.07, 6.45) is -0.309. The van der Waals surface area contributed by atoms with Gasteiger partial charge in [0, 0.05) is 25.3 Å². The Morgan fingerprint density at radius 2 is 1.87 bits per heavy atom. The molecule has 8 heteroatoms. The number of para-hydroxylation sites is 1. The van der Waals surface area contributed by atoms with Crippen LogP contribution in [0.4, 0.5) is 5.69 Å². The fraction of sp³-hybridized carbons (Fsp3) is 0.318. The molecule has 0 saturated carbocycles. The van der Waals surface area contributed by atoms with E-state index in [0.717, 1.165) is 11.4 Å². The Labute approximate surface area is 181 Å². The summed E-state index contributed by atoms with van der Waals surface area (Å²) < 4.78 is 13.1. The molecule has 0 bridgehead atoms. The van der Waals surface area contributed by atoms with E-state index in [1.165, 1.54) is 11.8 Å². The van der Waals surface area contributed by atoms with Crippen molar-refractivity contribution in [3.63, 3.8) is 0 Å². The van der Waals surface area contributed by atoms with Crippen LogP contribution in [-0.2, 0) is 11.8 Å². The smallest absolute Gasteiger partial charge is 0.237 e. The molecule has 7 nitrogen and oxygen atoms in total. The van der Waals surface area contributed by atoms with Gasteiger partial charge in [-0.3, -0.25) is 4.79 Å². The number of ether oxygens (including phenoxy) is 2. The number of aromatic nitrogens is 3. The quantitative estimate of drug-likeness (QED) is 0.480. The van der Waals surface area contributed by atoms with E-state index in [1.807, 2.05) is 80.1 Å². The summed E-state index contributed by atoms with van der Waals surface area (Å²) in [7, 11) is 3.50. The van der Waals surface area contributed by atoms with Gasteiger partial charge in [0.2, 0.25) is 5.91 Å². The minimum absolute atomic E-state index is 0.0268. The Hall–Kier alpha value is -3.00. The van der Waals surface area contributed by atoms with E-state index in [2.05, 4.69) is 10.2 Å². The van der Waals surface area contributed by atoms with Gasteiger partial charge in [-0.25, -0.2) is 0 Å². The summed E-state index contributed by atoms with van der Waals surface area (Å²) in [6.45, 7) is 4.49. The predicted molar refractivity (Wildman–Crippen MR) is 118 cm³/mol. The fourth-order valence-electron chi connectivity index (χ4n) is 3.05. The lowest BCUT2D eigenvalue weighted by atomic mass is 10.3. The molecule has 0 spiro atoms. The van der Waals surface area contributed by atoms with E-state index >= 15 is 0 Å². The van der Waals surface area contributed by atoms with E-state index < -0.39 is 0 Å². The van der Waals surface area contributed by atoms with Crippen LogP contribution in [0.1, 0.15) is 25.8 Å². The number of carbonyl (C=O) groups excluding carboxylic acids is 1. The number of carbonyl (C=O) groups is 1. The minimum Gasteiger partial charge on any atom is -0.497 e. The van der Waals surface area contributed by atoms with Crippen LogP contribution in [0.15, 0.2) is 59.8 Å². The van der Waals surface area contributed by atoms with E-state index in [-0.39, 0.29) is 17.8 Å². The van der Waals surface area contributed by atoms with Crippen LogP contribution in [0.2, 0.25) is 0 Å². The maximum Gasteiger partial charge on any atom is 0.237 e. The number of anilines is 1. The number of hydrogen-bond donors (Lipinski definition) is 0. The Balaban J connectivity index is 1.64. The number of benzene rings is 2. The van der Waals surface area contributed by atoms with E-state index in [4.69, 9.17) is 9.47 Å². The molecule has 1 amide bonds. The van der Waals surface area contributed by atoms with Crippen molar-refractivity contribution in [2.75, 3.05) is 24.3 Å². The fourth-order valence-corrected chi connectivity index (χ4v) is 3.85. The highest BCUT2D eigenvalue weighted by Crippen LogP contribution is 2.26. The first-order valence-electron chi connectivity index (χ1n) is 9.71. The summed E-state index contributed by atoms with van der Waals surface area (Å²) in [4.78, 5) is 14.5. The molecule has 0 aliphatic rings. The SMILES string of the molecule is CCN(C(=O)CSc1nnc(C(C)Oc2cccc(OC)c2)n1C)c1ccccc1. The minimum atomic E-state index is -0.309. The first kappa shape index (κ1) is 21.7. The van der Waals surface area contributed by atoms with Crippen molar-refractivity contribution in [1.29, 1.82) is 0 Å². The second kappa shape index (κ2) is 10.2. The van der Waals surface area contributed by atoms with E-state index in [0.29, 0.717) is 23.3 Å². The summed E-state index contributed by atoms with van der Waals surface area (Å²) >= 11 is 1.37. The van der Waals surface area contributed by atoms with Crippen LogP contribution in [0.3, 0.4) is 0 Å². The van der Waals surface area contributed by atoms with Crippen LogP contribution >= 0.6 is 11.8 Å². The van der Waals surface area contributed by atoms with Crippen molar-refractivity contribution in [2.24, 2.45) is 7.05 Å². The van der Waals surface area contributed by atoms with E-state index in [9.17, 15) is 4.79 Å². The number of rotatable bonds is 9. The predicted octanol–water partition coefficient (Wildman–Crippen LogP) is 4.11. The number of nitrogens with zero attached hydrogens (tertiary/aromatic N) is 4. The molecular formula is C22H26N4O3S. The molecule has 158 valence electrons. The number of thioether (sulfide) groups is 1. The Kier molecular flexibility index (Phi) is 7.35. The van der Waals surface area contributed by atoms with Crippen molar-refractivity contribution in [2.45, 2.75) is 25.1 Å². The average Bonchev–Trinajstić information content (AvgIpc) is 3.14. The molecule has 0 aliphatic heterocycles. The van der Waals surface area contributed by atoms with Gasteiger partial charge in [-0.1, -0.05) is 36.0 Å². The number of methoxy groups -OCH3 is 1. The van der Waals surface area contributed by atoms with Crippen molar-refractivity contribution >= 4 is 23.4 Å². The van der Waals surface area contributed by atoms with Crippen molar-refractivity contribution in [3.8, 4) is 11.5 Å². The van der Waals surface area contributed by atoms with Crippen molar-refractivity contribution in [3.05, 3.63) is 60.4 Å². The molecule has 0 radical (unpaired) electrons. The lowest BCUT2D eigenvalue weighted by molar-refractivity contribution is -0.116. The van der Waals surface area contributed by atoms with Crippen LogP contribution in [-0.4, -0.2) is 40.1 Å². The first-order chi connectivity index (χ1) is 14.5. The molecule has 0 saturated heterocycles. The molecule has 0 aliphatic carbocycles. The van der Waals surface area contributed by atoms with Crippen LogP contribution < -0.4 is 14.4 Å². The molecule has 1 atom stereocenters. The second-order valence-corrected chi connectivity index (χ2v) is 7.54. The van der Waals surface area contributed by atoms with Crippen LogP contribution in [0, 0.1) is 0 Å². The third-order valence-electron chi connectivity index (χ3n) is 4.60. The molecule has 3 aromatic rings. The van der Waals surface area contributed by atoms with Gasteiger partial charge in [0.1, 0.15) is 11.5 Å². The zero-order valence-electron chi connectivity index (χ0n) is 17.6. The molecule has 1 aromatic heterocycles. The monoisotopic (exact) mass is 426 g/mol. The summed E-state index contributed by atoms with van der Waals surface area (Å²) in [5, 5.41) is 9.18. The van der Waals surface area contributed by atoms with Gasteiger partial charge in [-0.05, 0) is 38.1 Å². The van der Waals surface area contributed by atoms with Crippen LogP contribution in [0.5, 0.6) is 11.5 Å². The maximum absolute atomic E-state index is 12.7. The van der Waals surface area contributed by atoms with Gasteiger partial charge in [-0.15, -0.1) is 10.2 Å². The van der Waals surface area contributed by atoms with Crippen LogP contribution in [0.25, 0.3) is 0 Å². The average molecular weight is 427 g/mol. The number of hydrogen-bond acceptors (Lipinski definition) is 6. The van der Waals surface area contributed by atoms with Gasteiger partial charge < -0.3 is 18.9 Å². The highest BCUT2D eigenvalue weighted by atomic mass is 32.2. The second-order valence-electron chi connectivity index (χ2n) is 6.60. The summed E-state index contributed by atoms with van der Waals surface area (Å²) in [5.41, 5.74) is 0.893. The maximum atomic E-state index is 12.7. The molecule has 1 unspecified atom stereocenters. The van der Waals surface area contributed by atoms with Crippen molar-refractivity contribution < 1.29 is 14.3 Å². The highest BCUT2D eigenvalue weighted by Gasteiger charge is 2.20. The molecule has 30 heavy (non-hydrogen) atoms. The molecule has 1 heterocycles. The third kappa shape index (κ3) is 5.13. The zero-order chi connectivity index (χ0) is 21.5. The molecule has 0 fully saturated rings. The Bertz CT molecular complexity index is 978. The zero-order valence-corrected chi connectivity index (χ0v) is 18.4. The van der Waals surface area contributed by atoms with Crippen molar-refractivity contribution in [1.82, 2.24) is 14.8 Å². The molecular weight excluding hydrogens is 400 g/mol. The topological polar surface area (TPSA) is 69.5 Å². The van der Waals surface area contributed by atoms with E-state index in [1.54, 1.807) is 12.0 Å². The summed E-state index contributed by atoms with van der Waals surface area (Å²) in [6, 6.07) is 17.1. The largest absolute Gasteiger partial charge is 0.497 e. The Morgan fingerprint density at radius 1 is 1.13 bits per heavy atom. The molecule has 3 rings (SSSR count). The van der Waals surface area contributed by atoms with Gasteiger partial charge in [0.05, 0.1) is 12.9 Å². The summed E-state index contributed by atoms with van der Waals surface area (Å²) in [5.74, 6) is 2.41. The lowest BCUT2D eigenvalue weighted by Crippen LogP contribution is -2.32. The Morgan fingerprint density at radius 3 is 2.57 bits per heavy atom. The van der Waals surface area contributed by atoms with Gasteiger partial charge in [0.25, 0.3) is 0 Å². The third-order valence-corrected chi connectivity index (χ3v) is 5.60. The number of amides is 1. The van der Waals surface area contributed by atoms with Gasteiger partial charge in [0.15, 0.2) is 17.1 Å². The van der Waals surface area contributed by atoms with Gasteiger partial charge in [-0.2, -0.15) is 0 Å². The highest BCUT2D eigenvalue weighted by molar-refractivity contribution is 7.99.